The van der Waals surface area contributed by atoms with Crippen LogP contribution in [-0.4, -0.2) is 30.6 Å². The van der Waals surface area contributed by atoms with Crippen LogP contribution in [0.25, 0.3) is 0 Å². The minimum atomic E-state index is -0.0893. The van der Waals surface area contributed by atoms with Gasteiger partial charge in [0.25, 0.3) is 0 Å². The molecule has 2 rings (SSSR count). The van der Waals surface area contributed by atoms with Crippen LogP contribution in [0.3, 0.4) is 0 Å². The number of hydrogen-bond donors (Lipinski definition) is 1. The Morgan fingerprint density at radius 1 is 1.24 bits per heavy atom. The molecule has 0 saturated heterocycles. The molecule has 1 N–H and O–H groups in total. The van der Waals surface area contributed by atoms with Crippen LogP contribution in [0.5, 0.6) is 0 Å². The Hall–Kier alpha value is -0.930. The van der Waals surface area contributed by atoms with Gasteiger partial charge in [-0.15, -0.1) is 0 Å². The van der Waals surface area contributed by atoms with E-state index in [9.17, 15) is 4.39 Å². The zero-order chi connectivity index (χ0) is 15.1. The number of likely N-dealkylation sites (N-methyl/N-ethyl adjacent to an activating group) is 1. The first-order valence-electron chi connectivity index (χ1n) is 8.48. The van der Waals surface area contributed by atoms with Gasteiger partial charge < -0.3 is 5.32 Å². The van der Waals surface area contributed by atoms with Gasteiger partial charge in [-0.1, -0.05) is 44.9 Å². The minimum Gasteiger partial charge on any atom is -0.309 e. The predicted octanol–water partition coefficient (Wildman–Crippen LogP) is 4.13. The third-order valence-electron chi connectivity index (χ3n) is 4.59. The van der Waals surface area contributed by atoms with Crippen LogP contribution >= 0.6 is 0 Å². The maximum Gasteiger partial charge on any atom is 0.128 e. The van der Waals surface area contributed by atoms with Gasteiger partial charge in [0.05, 0.1) is 0 Å². The largest absolute Gasteiger partial charge is 0.309 e. The number of rotatable bonds is 8. The van der Waals surface area contributed by atoms with Crippen molar-refractivity contribution >= 4 is 0 Å². The van der Waals surface area contributed by atoms with Gasteiger partial charge in [-0.2, -0.15) is 0 Å². The molecule has 0 spiro atoms. The van der Waals surface area contributed by atoms with E-state index in [1.165, 1.54) is 25.7 Å². The average molecular weight is 292 g/mol. The van der Waals surface area contributed by atoms with E-state index in [1.54, 1.807) is 12.1 Å². The van der Waals surface area contributed by atoms with E-state index < -0.39 is 0 Å². The van der Waals surface area contributed by atoms with E-state index >= 15 is 0 Å². The molecular weight excluding hydrogens is 263 g/mol. The first kappa shape index (κ1) is 16.4. The quantitative estimate of drug-likeness (QED) is 0.775. The van der Waals surface area contributed by atoms with Crippen molar-refractivity contribution in [2.45, 2.75) is 58.0 Å². The number of halogens is 1. The van der Waals surface area contributed by atoms with Crippen molar-refractivity contribution in [1.82, 2.24) is 10.2 Å². The zero-order valence-electron chi connectivity index (χ0n) is 13.4. The maximum absolute atomic E-state index is 14.1. The molecule has 1 unspecified atom stereocenters. The summed E-state index contributed by atoms with van der Waals surface area (Å²) in [5, 5.41) is 3.53. The fourth-order valence-corrected chi connectivity index (χ4v) is 3.39. The lowest BCUT2D eigenvalue weighted by atomic mass is 10.0. The Morgan fingerprint density at radius 3 is 2.57 bits per heavy atom. The highest BCUT2D eigenvalue weighted by Gasteiger charge is 2.25. The van der Waals surface area contributed by atoms with Gasteiger partial charge in [0.2, 0.25) is 0 Å². The Balaban J connectivity index is 2.09. The van der Waals surface area contributed by atoms with E-state index in [0.29, 0.717) is 6.04 Å². The third kappa shape index (κ3) is 4.52. The molecule has 1 aliphatic rings. The highest BCUT2D eigenvalue weighted by atomic mass is 19.1. The van der Waals surface area contributed by atoms with Crippen molar-refractivity contribution in [3.05, 3.63) is 35.6 Å². The standard InChI is InChI=1S/C18H29FN2/c1-3-13-20-18(16-11-7-8-12-17(16)19)14-21(4-2)15-9-5-6-10-15/h7-8,11-12,15,18,20H,3-6,9-10,13-14H2,1-2H3. The molecule has 1 aromatic rings. The van der Waals surface area contributed by atoms with Crippen molar-refractivity contribution in [3.8, 4) is 0 Å². The Labute approximate surface area is 128 Å². The molecule has 1 fully saturated rings. The molecule has 1 aromatic carbocycles. The summed E-state index contributed by atoms with van der Waals surface area (Å²) in [7, 11) is 0. The second kappa shape index (κ2) is 8.50. The zero-order valence-corrected chi connectivity index (χ0v) is 13.4. The smallest absolute Gasteiger partial charge is 0.128 e. The average Bonchev–Trinajstić information content (AvgIpc) is 3.03. The highest BCUT2D eigenvalue weighted by molar-refractivity contribution is 5.21. The third-order valence-corrected chi connectivity index (χ3v) is 4.59. The van der Waals surface area contributed by atoms with E-state index in [-0.39, 0.29) is 11.9 Å². The van der Waals surface area contributed by atoms with Gasteiger partial charge in [-0.05, 0) is 38.4 Å². The minimum absolute atomic E-state index is 0.0893. The summed E-state index contributed by atoms with van der Waals surface area (Å²) in [6.07, 6.45) is 6.35. The van der Waals surface area contributed by atoms with Crippen LogP contribution in [0.4, 0.5) is 4.39 Å². The van der Waals surface area contributed by atoms with Crippen molar-refractivity contribution in [3.63, 3.8) is 0 Å². The normalized spacial score (nSPS) is 17.5. The summed E-state index contributed by atoms with van der Waals surface area (Å²) in [5.74, 6) is -0.0893. The number of nitrogens with one attached hydrogen (secondary N) is 1. The lowest BCUT2D eigenvalue weighted by molar-refractivity contribution is 0.185. The SMILES string of the molecule is CCCNC(CN(CC)C1CCCC1)c1ccccc1F. The van der Waals surface area contributed by atoms with Gasteiger partial charge in [-0.3, -0.25) is 4.90 Å². The first-order valence-corrected chi connectivity index (χ1v) is 8.48. The highest BCUT2D eigenvalue weighted by Crippen LogP contribution is 2.26. The van der Waals surface area contributed by atoms with Crippen LogP contribution in [0, 0.1) is 5.82 Å². The molecule has 1 saturated carbocycles. The van der Waals surface area contributed by atoms with Crippen LogP contribution in [-0.2, 0) is 0 Å². The van der Waals surface area contributed by atoms with E-state index in [4.69, 9.17) is 0 Å². The van der Waals surface area contributed by atoms with E-state index in [2.05, 4.69) is 24.1 Å². The van der Waals surface area contributed by atoms with Crippen molar-refractivity contribution in [2.24, 2.45) is 0 Å². The summed E-state index contributed by atoms with van der Waals surface area (Å²) in [6.45, 7) is 7.25. The first-order chi connectivity index (χ1) is 10.3. The van der Waals surface area contributed by atoms with Gasteiger partial charge in [0.15, 0.2) is 0 Å². The van der Waals surface area contributed by atoms with Crippen LogP contribution < -0.4 is 5.32 Å². The van der Waals surface area contributed by atoms with E-state index in [1.807, 2.05) is 12.1 Å². The molecule has 21 heavy (non-hydrogen) atoms. The monoisotopic (exact) mass is 292 g/mol. The van der Waals surface area contributed by atoms with Gasteiger partial charge >= 0.3 is 0 Å². The number of benzene rings is 1. The lowest BCUT2D eigenvalue weighted by Gasteiger charge is -2.32. The predicted molar refractivity (Wildman–Crippen MR) is 86.9 cm³/mol. The molecule has 3 heteroatoms. The second-order valence-electron chi connectivity index (χ2n) is 6.05. The molecule has 0 radical (unpaired) electrons. The molecule has 2 nitrogen and oxygen atoms in total. The van der Waals surface area contributed by atoms with E-state index in [0.717, 1.165) is 31.6 Å². The van der Waals surface area contributed by atoms with Crippen molar-refractivity contribution in [2.75, 3.05) is 19.6 Å². The summed E-state index contributed by atoms with van der Waals surface area (Å²) >= 11 is 0. The molecule has 1 aliphatic carbocycles. The fourth-order valence-electron chi connectivity index (χ4n) is 3.39. The van der Waals surface area contributed by atoms with Gasteiger partial charge in [-0.25, -0.2) is 4.39 Å². The second-order valence-corrected chi connectivity index (χ2v) is 6.05. The van der Waals surface area contributed by atoms with Crippen molar-refractivity contribution < 1.29 is 4.39 Å². The van der Waals surface area contributed by atoms with Gasteiger partial charge in [0.1, 0.15) is 5.82 Å². The summed E-state index contributed by atoms with van der Waals surface area (Å²) in [4.78, 5) is 2.53. The Kier molecular flexibility index (Phi) is 6.65. The van der Waals surface area contributed by atoms with Crippen LogP contribution in [0.1, 0.15) is 57.6 Å². The lowest BCUT2D eigenvalue weighted by Crippen LogP contribution is -2.40. The topological polar surface area (TPSA) is 15.3 Å². The summed E-state index contributed by atoms with van der Waals surface area (Å²) in [6, 6.07) is 7.97. The molecular formula is C18H29FN2. The maximum atomic E-state index is 14.1. The van der Waals surface area contributed by atoms with Crippen LogP contribution in [0.15, 0.2) is 24.3 Å². The summed E-state index contributed by atoms with van der Waals surface area (Å²) in [5.41, 5.74) is 0.808. The fraction of sp³-hybridized carbons (Fsp3) is 0.667. The molecule has 118 valence electrons. The summed E-state index contributed by atoms with van der Waals surface area (Å²) < 4.78 is 14.1. The number of hydrogen-bond acceptors (Lipinski definition) is 2. The molecule has 0 aromatic heterocycles. The van der Waals surface area contributed by atoms with Crippen LogP contribution in [0.2, 0.25) is 0 Å². The van der Waals surface area contributed by atoms with Crippen molar-refractivity contribution in [1.29, 1.82) is 0 Å². The molecule has 0 amide bonds. The molecule has 1 atom stereocenters. The number of nitrogens with zero attached hydrogens (tertiary/aromatic N) is 1. The Bertz CT molecular complexity index is 415. The molecule has 0 bridgehead atoms. The van der Waals surface area contributed by atoms with Gasteiger partial charge in [0, 0.05) is 24.2 Å². The molecule has 0 heterocycles. The Morgan fingerprint density at radius 2 is 1.95 bits per heavy atom. The molecule has 0 aliphatic heterocycles.